The predicted octanol–water partition coefficient (Wildman–Crippen LogP) is 1.48. The van der Waals surface area contributed by atoms with Gasteiger partial charge in [-0.25, -0.2) is 9.78 Å². The molecule has 0 aromatic carbocycles. The molecule has 0 unspecified atom stereocenters. The second kappa shape index (κ2) is 8.12. The van der Waals surface area contributed by atoms with Crippen molar-refractivity contribution in [2.24, 2.45) is 14.1 Å². The Morgan fingerprint density at radius 2 is 1.76 bits per heavy atom. The first-order valence-electron chi connectivity index (χ1n) is 8.33. The monoisotopic (exact) mass is 372 g/mol. The second-order valence-electron chi connectivity index (χ2n) is 5.70. The summed E-state index contributed by atoms with van der Waals surface area (Å²) < 4.78 is 27.0. The molecule has 2 aromatic heterocycles. The van der Waals surface area contributed by atoms with E-state index in [1.807, 2.05) is 0 Å². The molecule has 2 aromatic rings. The maximum Gasteiger partial charge on any atom is 0.332 e. The Balaban J connectivity index is 2.14. The zero-order chi connectivity index (χ0) is 18.6. The van der Waals surface area contributed by atoms with Gasteiger partial charge in [-0.05, 0) is 26.7 Å². The van der Waals surface area contributed by atoms with Crippen molar-refractivity contribution in [3.63, 3.8) is 0 Å². The average molecular weight is 372 g/mol. The molecule has 0 bridgehead atoms. The molecule has 9 nitrogen and oxygen atoms in total. The zero-order valence-electron chi connectivity index (χ0n) is 15.1. The molecule has 0 radical (unpaired) electrons. The van der Waals surface area contributed by atoms with Gasteiger partial charge in [-0.15, -0.1) is 0 Å². The van der Waals surface area contributed by atoms with Crippen molar-refractivity contribution in [3.8, 4) is 0 Å². The molecule has 0 aliphatic carbocycles. The van der Waals surface area contributed by atoms with Crippen molar-refractivity contribution in [1.29, 1.82) is 0 Å². The summed E-state index contributed by atoms with van der Waals surface area (Å²) in [5, 5.41) is 0. The lowest BCUT2D eigenvalue weighted by Crippen LogP contribution is -2.39. The summed E-state index contributed by atoms with van der Waals surface area (Å²) in [7, 11) is 0.208. The van der Waals surface area contributed by atoms with Gasteiger partial charge in [0, 0.05) is 20.6 Å². The van der Waals surface area contributed by atoms with Crippen LogP contribution in [0.4, 0.5) is 0 Å². The summed E-state index contributed by atoms with van der Waals surface area (Å²) in [5.41, 5.74) is -0.0211. The van der Waals surface area contributed by atoms with Gasteiger partial charge in [-0.2, -0.15) is 0 Å². The van der Waals surface area contributed by atoms with E-state index in [0.29, 0.717) is 37.2 Å². The van der Waals surface area contributed by atoms with E-state index < -0.39 is 13.3 Å². The lowest BCUT2D eigenvalue weighted by molar-refractivity contribution is 0.219. The summed E-state index contributed by atoms with van der Waals surface area (Å²) in [6.07, 6.45) is 2.81. The van der Waals surface area contributed by atoms with E-state index in [0.717, 1.165) is 0 Å². The van der Waals surface area contributed by atoms with Crippen molar-refractivity contribution in [2.75, 3.05) is 19.4 Å². The van der Waals surface area contributed by atoms with Crippen LogP contribution in [0.25, 0.3) is 11.2 Å². The normalized spacial score (nSPS) is 12.2. The number of rotatable bonds is 9. The number of hydrogen-bond donors (Lipinski definition) is 0. The van der Waals surface area contributed by atoms with Gasteiger partial charge in [-0.3, -0.25) is 18.5 Å². The molecule has 0 N–H and O–H groups in total. The molecule has 2 rings (SSSR count). The number of aryl methyl sites for hydroxylation is 2. The van der Waals surface area contributed by atoms with Crippen molar-refractivity contribution in [1.82, 2.24) is 18.7 Å². The third-order valence-electron chi connectivity index (χ3n) is 3.92. The number of nitrogens with zero attached hydrogens (tertiary/aromatic N) is 4. The van der Waals surface area contributed by atoms with Crippen LogP contribution < -0.4 is 11.2 Å². The Morgan fingerprint density at radius 3 is 2.36 bits per heavy atom. The molecule has 2 heterocycles. The minimum atomic E-state index is -3.10. The fourth-order valence-electron chi connectivity index (χ4n) is 2.73. The first kappa shape index (κ1) is 19.6. The van der Waals surface area contributed by atoms with E-state index in [4.69, 9.17) is 9.05 Å². The fraction of sp³-hybridized carbons (Fsp3) is 0.667. The Morgan fingerprint density at radius 1 is 1.12 bits per heavy atom. The van der Waals surface area contributed by atoms with Gasteiger partial charge in [-0.1, -0.05) is 0 Å². The van der Waals surface area contributed by atoms with Crippen LogP contribution in [0, 0.1) is 0 Å². The van der Waals surface area contributed by atoms with Crippen LogP contribution in [-0.2, 0) is 34.3 Å². The number of imidazole rings is 1. The van der Waals surface area contributed by atoms with E-state index in [-0.39, 0.29) is 18.3 Å². The topological polar surface area (TPSA) is 97.4 Å². The Labute approximate surface area is 145 Å². The van der Waals surface area contributed by atoms with E-state index in [1.54, 1.807) is 32.5 Å². The van der Waals surface area contributed by atoms with Crippen LogP contribution in [0.5, 0.6) is 0 Å². The zero-order valence-corrected chi connectivity index (χ0v) is 16.0. The van der Waals surface area contributed by atoms with Crippen LogP contribution in [0.15, 0.2) is 15.9 Å². The quantitative estimate of drug-likeness (QED) is 0.489. The predicted molar refractivity (Wildman–Crippen MR) is 95.2 cm³/mol. The third kappa shape index (κ3) is 4.11. The van der Waals surface area contributed by atoms with Gasteiger partial charge < -0.3 is 13.6 Å². The fourth-order valence-corrected chi connectivity index (χ4v) is 4.46. The maximum atomic E-state index is 12.6. The minimum absolute atomic E-state index is 0.241. The van der Waals surface area contributed by atoms with Gasteiger partial charge in [0.05, 0.1) is 25.7 Å². The van der Waals surface area contributed by atoms with E-state index in [1.165, 1.54) is 15.5 Å². The Bertz CT molecular complexity index is 888. The summed E-state index contributed by atoms with van der Waals surface area (Å²) in [6.45, 7) is 4.39. The minimum Gasteiger partial charge on any atom is -0.328 e. The lowest BCUT2D eigenvalue weighted by Gasteiger charge is -2.16. The number of hydrogen-bond acceptors (Lipinski definition) is 6. The summed E-state index contributed by atoms with van der Waals surface area (Å²) in [6, 6.07) is 0. The number of fused-ring (bicyclic) bond motifs is 1. The van der Waals surface area contributed by atoms with Crippen molar-refractivity contribution >= 4 is 18.8 Å². The van der Waals surface area contributed by atoms with Crippen molar-refractivity contribution in [2.45, 2.75) is 33.2 Å². The van der Waals surface area contributed by atoms with Crippen LogP contribution in [0.2, 0.25) is 0 Å². The highest BCUT2D eigenvalue weighted by Gasteiger charge is 2.22. The molecule has 0 atom stereocenters. The average Bonchev–Trinajstić information content (AvgIpc) is 2.94. The Kier molecular flexibility index (Phi) is 6.37. The largest absolute Gasteiger partial charge is 0.332 e. The molecule has 0 aliphatic heterocycles. The summed E-state index contributed by atoms with van der Waals surface area (Å²) >= 11 is 0. The molecule has 25 heavy (non-hydrogen) atoms. The first-order valence-corrected chi connectivity index (χ1v) is 10.1. The molecule has 0 saturated carbocycles. The highest BCUT2D eigenvalue weighted by Crippen LogP contribution is 2.48. The molecule has 0 saturated heterocycles. The van der Waals surface area contributed by atoms with Gasteiger partial charge >= 0.3 is 13.3 Å². The highest BCUT2D eigenvalue weighted by molar-refractivity contribution is 7.53. The number of unbranched alkanes of at least 4 members (excludes halogenated alkanes) is 1. The maximum absolute atomic E-state index is 12.6. The van der Waals surface area contributed by atoms with E-state index >= 15 is 0 Å². The first-order chi connectivity index (χ1) is 11.8. The van der Waals surface area contributed by atoms with Crippen molar-refractivity contribution in [3.05, 3.63) is 27.2 Å². The summed E-state index contributed by atoms with van der Waals surface area (Å²) in [5.74, 6) is 0. The van der Waals surface area contributed by atoms with E-state index in [9.17, 15) is 14.2 Å². The molecule has 0 amide bonds. The molecule has 0 fully saturated rings. The standard InChI is InChI=1S/C15H25N4O5P/c1-5-23-25(22,24-6-2)10-8-7-9-19-14(20)12-13(16-11-17(12)3)18(4)15(19)21/h11H,5-10H2,1-4H3. The second-order valence-corrected chi connectivity index (χ2v) is 7.89. The van der Waals surface area contributed by atoms with Gasteiger partial charge in [0.25, 0.3) is 5.56 Å². The molecule has 10 heteroatoms. The van der Waals surface area contributed by atoms with Gasteiger partial charge in [0.2, 0.25) is 0 Å². The highest BCUT2D eigenvalue weighted by atomic mass is 31.2. The Hall–Kier alpha value is -1.70. The molecular formula is C15H25N4O5P. The third-order valence-corrected chi connectivity index (χ3v) is 6.08. The van der Waals surface area contributed by atoms with Crippen LogP contribution in [0.3, 0.4) is 0 Å². The van der Waals surface area contributed by atoms with Gasteiger partial charge in [0.1, 0.15) is 0 Å². The molecule has 140 valence electrons. The molecule has 0 spiro atoms. The summed E-state index contributed by atoms with van der Waals surface area (Å²) in [4.78, 5) is 29.0. The molecular weight excluding hydrogens is 347 g/mol. The SMILES string of the molecule is CCOP(=O)(CCCCn1c(=O)c2c(ncn2C)n(C)c1=O)OCC. The lowest BCUT2D eigenvalue weighted by atomic mass is 10.3. The smallest absolute Gasteiger partial charge is 0.328 e. The van der Waals surface area contributed by atoms with Crippen LogP contribution in [0.1, 0.15) is 26.7 Å². The molecule has 0 aliphatic rings. The van der Waals surface area contributed by atoms with Gasteiger partial charge in [0.15, 0.2) is 11.2 Å². The van der Waals surface area contributed by atoms with E-state index in [2.05, 4.69) is 4.98 Å². The number of aromatic nitrogens is 4. The van der Waals surface area contributed by atoms with Crippen LogP contribution >= 0.6 is 7.60 Å². The van der Waals surface area contributed by atoms with Crippen LogP contribution in [-0.4, -0.2) is 38.1 Å². The van der Waals surface area contributed by atoms with Crippen molar-refractivity contribution < 1.29 is 13.6 Å².